The minimum absolute atomic E-state index is 0.0440. The summed E-state index contributed by atoms with van der Waals surface area (Å²) in [5.41, 5.74) is 0.988. The van der Waals surface area contributed by atoms with E-state index in [9.17, 15) is 9.59 Å². The summed E-state index contributed by atoms with van der Waals surface area (Å²) in [7, 11) is 1.54. The van der Waals surface area contributed by atoms with E-state index in [1.807, 2.05) is 6.07 Å². The number of nitrogens with zero attached hydrogens (tertiary/aromatic N) is 3. The third-order valence-corrected chi connectivity index (χ3v) is 6.15. The second-order valence-corrected chi connectivity index (χ2v) is 8.39. The number of carbonyl (C=O) groups excluding carboxylic acids is 2. The first kappa shape index (κ1) is 24.6. The lowest BCUT2D eigenvalue weighted by Gasteiger charge is -2.11. The molecule has 0 unspecified atom stereocenters. The monoisotopic (exact) mass is 505 g/mol. The van der Waals surface area contributed by atoms with Crippen molar-refractivity contribution in [2.75, 3.05) is 23.5 Å². The number of ether oxygens (including phenoxy) is 1. The van der Waals surface area contributed by atoms with Gasteiger partial charge < -0.3 is 19.9 Å². The first-order chi connectivity index (χ1) is 15.9. The highest BCUT2D eigenvalue weighted by Crippen LogP contribution is 2.29. The van der Waals surface area contributed by atoms with Gasteiger partial charge in [0.15, 0.2) is 5.16 Å². The summed E-state index contributed by atoms with van der Waals surface area (Å²) in [6.07, 6.45) is 1.62. The summed E-state index contributed by atoms with van der Waals surface area (Å²) < 4.78 is 6.97. The van der Waals surface area contributed by atoms with E-state index in [0.29, 0.717) is 39.7 Å². The van der Waals surface area contributed by atoms with E-state index >= 15 is 0 Å². The molecule has 0 fully saturated rings. The van der Waals surface area contributed by atoms with Crippen LogP contribution in [-0.4, -0.2) is 39.4 Å². The van der Waals surface area contributed by atoms with Crippen LogP contribution in [0.1, 0.15) is 5.82 Å². The number of para-hydroxylation sites is 2. The minimum atomic E-state index is -0.331. The quantitative estimate of drug-likeness (QED) is 0.306. The maximum absolute atomic E-state index is 12.5. The lowest BCUT2D eigenvalue weighted by molar-refractivity contribution is -0.116. The number of allylic oxidation sites excluding steroid dienone is 1. The van der Waals surface area contributed by atoms with E-state index in [1.165, 1.54) is 18.9 Å². The molecule has 3 rings (SSSR count). The van der Waals surface area contributed by atoms with E-state index in [0.717, 1.165) is 0 Å². The van der Waals surface area contributed by atoms with Crippen LogP contribution in [-0.2, 0) is 22.6 Å². The van der Waals surface area contributed by atoms with Gasteiger partial charge in [-0.3, -0.25) is 9.59 Å². The Balaban J connectivity index is 1.65. The van der Waals surface area contributed by atoms with E-state index in [2.05, 4.69) is 27.4 Å². The minimum Gasteiger partial charge on any atom is -0.495 e. The molecule has 2 amide bonds. The number of thioether (sulfide) groups is 1. The van der Waals surface area contributed by atoms with Crippen LogP contribution in [0.5, 0.6) is 5.75 Å². The van der Waals surface area contributed by atoms with Crippen LogP contribution >= 0.6 is 35.0 Å². The first-order valence-electron chi connectivity index (χ1n) is 9.75. The van der Waals surface area contributed by atoms with Gasteiger partial charge in [-0.05, 0) is 24.3 Å². The van der Waals surface area contributed by atoms with Crippen molar-refractivity contribution < 1.29 is 14.3 Å². The van der Waals surface area contributed by atoms with Crippen molar-refractivity contribution in [3.05, 3.63) is 71.0 Å². The summed E-state index contributed by atoms with van der Waals surface area (Å²) in [6.45, 7) is 4.12. The smallest absolute Gasteiger partial charge is 0.234 e. The van der Waals surface area contributed by atoms with E-state index in [4.69, 9.17) is 27.9 Å². The van der Waals surface area contributed by atoms with Crippen LogP contribution in [0.25, 0.3) is 0 Å². The molecule has 0 aliphatic heterocycles. The Morgan fingerprint density at radius 1 is 1.09 bits per heavy atom. The van der Waals surface area contributed by atoms with Gasteiger partial charge >= 0.3 is 0 Å². The molecule has 0 radical (unpaired) electrons. The molecule has 3 aromatic rings. The number of benzene rings is 2. The molecule has 0 aliphatic carbocycles. The molecule has 1 heterocycles. The van der Waals surface area contributed by atoms with Gasteiger partial charge in [-0.25, -0.2) is 0 Å². The van der Waals surface area contributed by atoms with Crippen molar-refractivity contribution in [2.45, 2.75) is 18.1 Å². The second kappa shape index (κ2) is 11.7. The largest absolute Gasteiger partial charge is 0.495 e. The highest BCUT2D eigenvalue weighted by molar-refractivity contribution is 7.99. The first-order valence-corrected chi connectivity index (χ1v) is 11.5. The van der Waals surface area contributed by atoms with E-state index in [-0.39, 0.29) is 29.0 Å². The molecule has 172 valence electrons. The zero-order valence-electron chi connectivity index (χ0n) is 17.7. The predicted molar refractivity (Wildman–Crippen MR) is 131 cm³/mol. The molecule has 2 aromatic carbocycles. The normalized spacial score (nSPS) is 10.5. The average Bonchev–Trinajstić information content (AvgIpc) is 3.17. The number of hydrogen-bond acceptors (Lipinski definition) is 6. The maximum Gasteiger partial charge on any atom is 0.234 e. The fourth-order valence-electron chi connectivity index (χ4n) is 2.87. The van der Waals surface area contributed by atoms with Crippen molar-refractivity contribution in [1.29, 1.82) is 0 Å². The maximum atomic E-state index is 12.5. The Hall–Kier alpha value is -3.01. The molecule has 11 heteroatoms. The van der Waals surface area contributed by atoms with E-state index in [1.54, 1.807) is 47.0 Å². The van der Waals surface area contributed by atoms with E-state index < -0.39 is 0 Å². The number of methoxy groups -OCH3 is 1. The molecule has 0 bridgehead atoms. The molecule has 0 aliphatic rings. The van der Waals surface area contributed by atoms with Gasteiger partial charge in [-0.2, -0.15) is 0 Å². The van der Waals surface area contributed by atoms with Crippen molar-refractivity contribution in [1.82, 2.24) is 14.8 Å². The number of halogens is 2. The van der Waals surface area contributed by atoms with Crippen molar-refractivity contribution in [3.8, 4) is 5.75 Å². The molecule has 33 heavy (non-hydrogen) atoms. The highest BCUT2D eigenvalue weighted by Gasteiger charge is 2.17. The zero-order valence-corrected chi connectivity index (χ0v) is 20.0. The van der Waals surface area contributed by atoms with Gasteiger partial charge in [-0.1, -0.05) is 59.2 Å². The lowest BCUT2D eigenvalue weighted by Crippen LogP contribution is -2.18. The standard InChI is InChI=1S/C22H21Cl2N5O3S/c1-3-11-29-18(12-19(30)26-16-9-6-7-14(23)21(16)24)27-28-22(29)33-13-20(31)25-15-8-4-5-10-17(15)32-2/h3-10H,1,11-13H2,2H3,(H,25,31)(H,26,30). The van der Waals surface area contributed by atoms with Crippen LogP contribution in [0.3, 0.4) is 0 Å². The van der Waals surface area contributed by atoms with Gasteiger partial charge in [0.2, 0.25) is 11.8 Å². The zero-order chi connectivity index (χ0) is 23.8. The number of rotatable bonds is 10. The Morgan fingerprint density at radius 2 is 1.82 bits per heavy atom. The summed E-state index contributed by atoms with van der Waals surface area (Å²) in [5, 5.41) is 14.9. The van der Waals surface area contributed by atoms with Crippen LogP contribution in [0.15, 0.2) is 60.3 Å². The Labute approximate surface area is 205 Å². The van der Waals surface area contributed by atoms with Gasteiger partial charge in [0.1, 0.15) is 11.6 Å². The van der Waals surface area contributed by atoms with Crippen LogP contribution in [0.2, 0.25) is 10.0 Å². The lowest BCUT2D eigenvalue weighted by atomic mass is 10.3. The highest BCUT2D eigenvalue weighted by atomic mass is 35.5. The topological polar surface area (TPSA) is 98.1 Å². The molecule has 0 spiro atoms. The number of nitrogens with one attached hydrogen (secondary N) is 2. The summed E-state index contributed by atoms with van der Waals surface area (Å²) >= 11 is 13.3. The fourth-order valence-corrected chi connectivity index (χ4v) is 3.99. The summed E-state index contributed by atoms with van der Waals surface area (Å²) in [6, 6.07) is 12.1. The Kier molecular flexibility index (Phi) is 8.76. The van der Waals surface area contributed by atoms with Crippen LogP contribution < -0.4 is 15.4 Å². The number of amides is 2. The van der Waals surface area contributed by atoms with Gasteiger partial charge in [0.05, 0.1) is 40.7 Å². The molecule has 0 atom stereocenters. The fraction of sp³-hybridized carbons (Fsp3) is 0.182. The van der Waals surface area contributed by atoms with Crippen LogP contribution in [0, 0.1) is 0 Å². The SMILES string of the molecule is C=CCn1c(CC(=O)Nc2cccc(Cl)c2Cl)nnc1SCC(=O)Nc1ccccc1OC. The van der Waals surface area contributed by atoms with Gasteiger partial charge in [0.25, 0.3) is 0 Å². The third-order valence-electron chi connectivity index (χ3n) is 4.36. The summed E-state index contributed by atoms with van der Waals surface area (Å²) in [4.78, 5) is 25.0. The number of anilines is 2. The molecular weight excluding hydrogens is 485 g/mol. The number of aromatic nitrogens is 3. The van der Waals surface area contributed by atoms with Crippen molar-refractivity contribution >= 4 is 58.2 Å². The van der Waals surface area contributed by atoms with Crippen molar-refractivity contribution in [2.24, 2.45) is 0 Å². The predicted octanol–water partition coefficient (Wildman–Crippen LogP) is 4.69. The Bertz CT molecular complexity index is 1170. The second-order valence-electron chi connectivity index (χ2n) is 6.66. The molecule has 0 saturated heterocycles. The molecule has 8 nitrogen and oxygen atoms in total. The number of carbonyl (C=O) groups is 2. The summed E-state index contributed by atoms with van der Waals surface area (Å²) in [5.74, 6) is 0.532. The van der Waals surface area contributed by atoms with Crippen molar-refractivity contribution in [3.63, 3.8) is 0 Å². The molecular formula is C22H21Cl2N5O3S. The molecule has 1 aromatic heterocycles. The number of hydrogen-bond donors (Lipinski definition) is 2. The molecule has 2 N–H and O–H groups in total. The molecule has 0 saturated carbocycles. The van der Waals surface area contributed by atoms with Gasteiger partial charge in [-0.15, -0.1) is 16.8 Å². The van der Waals surface area contributed by atoms with Gasteiger partial charge in [0, 0.05) is 6.54 Å². The average molecular weight is 506 g/mol. The van der Waals surface area contributed by atoms with Crippen LogP contribution in [0.4, 0.5) is 11.4 Å². The Morgan fingerprint density at radius 3 is 2.58 bits per heavy atom. The third kappa shape index (κ3) is 6.50.